The summed E-state index contributed by atoms with van der Waals surface area (Å²) in [5.74, 6) is 1.65. The largest absolute Gasteiger partial charge is 0.330 e. The maximum Gasteiger partial charge on any atom is 0.227 e. The Morgan fingerprint density at radius 1 is 1.26 bits per heavy atom. The van der Waals surface area contributed by atoms with E-state index in [9.17, 15) is 4.79 Å². The number of nitrogens with zero attached hydrogens (tertiary/aromatic N) is 4. The molecule has 1 amide bonds. The summed E-state index contributed by atoms with van der Waals surface area (Å²) in [6.45, 7) is 9.86. The van der Waals surface area contributed by atoms with E-state index >= 15 is 0 Å². The second-order valence-corrected chi connectivity index (χ2v) is 9.73. The van der Waals surface area contributed by atoms with Gasteiger partial charge < -0.3 is 9.88 Å². The van der Waals surface area contributed by atoms with Crippen LogP contribution in [0.15, 0.2) is 42.0 Å². The summed E-state index contributed by atoms with van der Waals surface area (Å²) >= 11 is 1.70. The van der Waals surface area contributed by atoms with Gasteiger partial charge in [0.1, 0.15) is 5.82 Å². The van der Waals surface area contributed by atoms with E-state index in [-0.39, 0.29) is 11.8 Å². The first kappa shape index (κ1) is 21.7. The van der Waals surface area contributed by atoms with Crippen molar-refractivity contribution in [2.75, 3.05) is 18.4 Å². The predicted octanol–water partition coefficient (Wildman–Crippen LogP) is 4.67. The molecule has 1 N–H and O–H groups in total. The van der Waals surface area contributed by atoms with Crippen molar-refractivity contribution in [2.24, 2.45) is 5.92 Å². The first-order chi connectivity index (χ1) is 15.0. The van der Waals surface area contributed by atoms with Crippen molar-refractivity contribution in [3.05, 3.63) is 64.1 Å². The number of carbonyl (C=O) groups is 1. The lowest BCUT2D eigenvalue weighted by molar-refractivity contribution is -0.121. The van der Waals surface area contributed by atoms with Crippen molar-refractivity contribution in [1.29, 1.82) is 0 Å². The Morgan fingerprint density at radius 2 is 2.06 bits per heavy atom. The number of amides is 1. The molecule has 31 heavy (non-hydrogen) atoms. The summed E-state index contributed by atoms with van der Waals surface area (Å²) in [6, 6.07) is 8.15. The fourth-order valence-corrected chi connectivity index (χ4v) is 4.81. The molecule has 6 nitrogen and oxygen atoms in total. The Balaban J connectivity index is 1.31. The van der Waals surface area contributed by atoms with E-state index in [1.54, 1.807) is 11.3 Å². The lowest BCUT2D eigenvalue weighted by Gasteiger charge is -2.30. The van der Waals surface area contributed by atoms with Crippen LogP contribution >= 0.6 is 11.3 Å². The number of anilines is 1. The maximum atomic E-state index is 12.9. The summed E-state index contributed by atoms with van der Waals surface area (Å²) in [5.41, 5.74) is 3.17. The molecular weight excluding hydrogens is 406 g/mol. The highest BCUT2D eigenvalue weighted by atomic mass is 32.1. The Hall–Kier alpha value is -2.51. The highest BCUT2D eigenvalue weighted by molar-refractivity contribution is 7.09. The number of likely N-dealkylation sites (tertiary alicyclic amines) is 1. The highest BCUT2D eigenvalue weighted by Gasteiger charge is 2.25. The standard InChI is InChI=1S/C24H31N5OS/c1-17(2)23-25-9-12-29(23)14-19-5-4-6-21(13-19)27-24(30)20-7-10-28(11-8-20)15-22-16-31-18(3)26-22/h4-6,9,12-13,16-17,20H,7-8,10-11,14-15H2,1-3H3,(H,27,30). The summed E-state index contributed by atoms with van der Waals surface area (Å²) in [5, 5.41) is 6.39. The van der Waals surface area contributed by atoms with E-state index < -0.39 is 0 Å². The molecule has 0 atom stereocenters. The normalized spacial score (nSPS) is 15.5. The molecule has 1 saturated heterocycles. The van der Waals surface area contributed by atoms with Crippen LogP contribution in [0.3, 0.4) is 0 Å². The van der Waals surface area contributed by atoms with E-state index in [0.717, 1.165) is 66.8 Å². The monoisotopic (exact) mass is 437 g/mol. The molecule has 0 unspecified atom stereocenters. The number of thiazole rings is 1. The summed E-state index contributed by atoms with van der Waals surface area (Å²) in [4.78, 5) is 24.3. The van der Waals surface area contributed by atoms with Crippen molar-refractivity contribution < 1.29 is 4.79 Å². The van der Waals surface area contributed by atoms with Gasteiger partial charge in [0.05, 0.1) is 10.7 Å². The van der Waals surface area contributed by atoms with Gasteiger partial charge in [-0.15, -0.1) is 11.3 Å². The Morgan fingerprint density at radius 3 is 2.77 bits per heavy atom. The molecule has 0 spiro atoms. The fourth-order valence-electron chi connectivity index (χ4n) is 4.21. The SMILES string of the molecule is Cc1nc(CN2CCC(C(=O)Nc3cccc(Cn4ccnc4C(C)C)c3)CC2)cs1. The zero-order valence-electron chi connectivity index (χ0n) is 18.5. The minimum Gasteiger partial charge on any atom is -0.330 e. The number of carbonyl (C=O) groups excluding carboxylic acids is 1. The van der Waals surface area contributed by atoms with Gasteiger partial charge in [0.25, 0.3) is 0 Å². The van der Waals surface area contributed by atoms with E-state index in [1.165, 1.54) is 0 Å². The number of hydrogen-bond donors (Lipinski definition) is 1. The van der Waals surface area contributed by atoms with E-state index in [0.29, 0.717) is 5.92 Å². The highest BCUT2D eigenvalue weighted by Crippen LogP contribution is 2.22. The summed E-state index contributed by atoms with van der Waals surface area (Å²) in [6.07, 6.45) is 5.65. The number of piperidine rings is 1. The predicted molar refractivity (Wildman–Crippen MR) is 125 cm³/mol. The van der Waals surface area contributed by atoms with E-state index in [2.05, 4.69) is 56.1 Å². The number of rotatable bonds is 7. The first-order valence-electron chi connectivity index (χ1n) is 11.0. The quantitative estimate of drug-likeness (QED) is 0.583. The van der Waals surface area contributed by atoms with Crippen molar-refractivity contribution in [3.8, 4) is 0 Å². The number of imidazole rings is 1. The Labute approximate surface area is 188 Å². The molecule has 4 rings (SSSR count). The van der Waals surface area contributed by atoms with Crippen LogP contribution in [-0.4, -0.2) is 38.4 Å². The van der Waals surface area contributed by atoms with Crippen LogP contribution in [0.25, 0.3) is 0 Å². The lowest BCUT2D eigenvalue weighted by Crippen LogP contribution is -2.37. The number of benzene rings is 1. The van der Waals surface area contributed by atoms with Gasteiger partial charge in [0.15, 0.2) is 0 Å². The van der Waals surface area contributed by atoms with Gasteiger partial charge in [-0.1, -0.05) is 26.0 Å². The minimum atomic E-state index is 0.0678. The van der Waals surface area contributed by atoms with Crippen molar-refractivity contribution in [1.82, 2.24) is 19.4 Å². The Kier molecular flexibility index (Phi) is 6.83. The molecular formula is C24H31N5OS. The van der Waals surface area contributed by atoms with E-state index in [1.807, 2.05) is 31.5 Å². The summed E-state index contributed by atoms with van der Waals surface area (Å²) in [7, 11) is 0. The van der Waals surface area contributed by atoms with Crippen LogP contribution < -0.4 is 5.32 Å². The van der Waals surface area contributed by atoms with Gasteiger partial charge in [0, 0.05) is 48.4 Å². The smallest absolute Gasteiger partial charge is 0.227 e. The zero-order chi connectivity index (χ0) is 21.8. The van der Waals surface area contributed by atoms with Crippen LogP contribution in [0.5, 0.6) is 0 Å². The average molecular weight is 438 g/mol. The molecule has 3 heterocycles. The second kappa shape index (κ2) is 9.75. The third-order valence-corrected chi connectivity index (χ3v) is 6.64. The number of nitrogens with one attached hydrogen (secondary N) is 1. The van der Waals surface area contributed by atoms with Crippen LogP contribution in [-0.2, 0) is 17.9 Å². The van der Waals surface area contributed by atoms with Crippen LogP contribution in [0.1, 0.15) is 54.7 Å². The molecule has 1 aliphatic heterocycles. The fraction of sp³-hybridized carbons (Fsp3) is 0.458. The van der Waals surface area contributed by atoms with Crippen LogP contribution in [0.2, 0.25) is 0 Å². The first-order valence-corrected chi connectivity index (χ1v) is 11.9. The van der Waals surface area contributed by atoms with E-state index in [4.69, 9.17) is 0 Å². The minimum absolute atomic E-state index is 0.0678. The van der Waals surface area contributed by atoms with Crippen molar-refractivity contribution in [3.63, 3.8) is 0 Å². The third kappa shape index (κ3) is 5.60. The van der Waals surface area contributed by atoms with Gasteiger partial charge in [-0.2, -0.15) is 0 Å². The second-order valence-electron chi connectivity index (χ2n) is 8.67. The topological polar surface area (TPSA) is 63.1 Å². The van der Waals surface area contributed by atoms with Crippen molar-refractivity contribution in [2.45, 2.75) is 52.6 Å². The molecule has 164 valence electrons. The van der Waals surface area contributed by atoms with Gasteiger partial charge >= 0.3 is 0 Å². The average Bonchev–Trinajstić information content (AvgIpc) is 3.37. The zero-order valence-corrected chi connectivity index (χ0v) is 19.4. The molecule has 0 aliphatic carbocycles. The maximum absolute atomic E-state index is 12.9. The van der Waals surface area contributed by atoms with Crippen LogP contribution in [0.4, 0.5) is 5.69 Å². The number of aryl methyl sites for hydroxylation is 1. The van der Waals surface area contributed by atoms with Crippen molar-refractivity contribution >= 4 is 22.9 Å². The lowest BCUT2D eigenvalue weighted by atomic mass is 9.95. The molecule has 7 heteroatoms. The van der Waals surface area contributed by atoms with Gasteiger partial charge in [0.2, 0.25) is 5.91 Å². The number of aromatic nitrogens is 3. The molecule has 1 aromatic carbocycles. The van der Waals surface area contributed by atoms with Crippen LogP contribution in [0, 0.1) is 12.8 Å². The third-order valence-electron chi connectivity index (χ3n) is 5.82. The van der Waals surface area contributed by atoms with Gasteiger partial charge in [-0.25, -0.2) is 9.97 Å². The number of hydrogen-bond acceptors (Lipinski definition) is 5. The van der Waals surface area contributed by atoms with Gasteiger partial charge in [-0.3, -0.25) is 9.69 Å². The molecule has 0 radical (unpaired) electrons. The molecule has 3 aromatic rings. The van der Waals surface area contributed by atoms with Gasteiger partial charge in [-0.05, 0) is 50.6 Å². The molecule has 1 fully saturated rings. The Bertz CT molecular complexity index is 1020. The molecule has 2 aromatic heterocycles. The summed E-state index contributed by atoms with van der Waals surface area (Å²) < 4.78 is 2.17. The molecule has 1 aliphatic rings. The molecule has 0 bridgehead atoms. The molecule has 0 saturated carbocycles.